The smallest absolute Gasteiger partial charge is 0.223 e. The van der Waals surface area contributed by atoms with E-state index >= 15 is 0 Å². The van der Waals surface area contributed by atoms with Crippen molar-refractivity contribution in [1.82, 2.24) is 15.1 Å². The van der Waals surface area contributed by atoms with Crippen molar-refractivity contribution in [1.29, 1.82) is 0 Å². The fraction of sp³-hybridized carbons (Fsp3) is 0.379. The van der Waals surface area contributed by atoms with Gasteiger partial charge in [-0.3, -0.25) is 14.5 Å². The summed E-state index contributed by atoms with van der Waals surface area (Å²) in [7, 11) is 0. The molecule has 3 aliphatic rings. The standard InChI is InChI=1S/C29H33N3O2/c1-2-30-29(34)24-15-18-32(20-33)27(19-24)31-16-13-23(14-17-31)28-25-9-5-3-7-21(25)11-12-22-8-4-6-10-26(22)28/h3-12,20,24,27H,2,13-19H2,1H3,(H,30,34). The van der Waals surface area contributed by atoms with Crippen molar-refractivity contribution in [2.45, 2.75) is 38.8 Å². The molecule has 2 heterocycles. The molecule has 2 aromatic rings. The Morgan fingerprint density at radius 1 is 0.971 bits per heavy atom. The maximum atomic E-state index is 12.5. The Kier molecular flexibility index (Phi) is 6.63. The molecular formula is C29H33N3O2. The van der Waals surface area contributed by atoms with E-state index in [-0.39, 0.29) is 18.0 Å². The largest absolute Gasteiger partial charge is 0.356 e. The van der Waals surface area contributed by atoms with Crippen LogP contribution in [0.5, 0.6) is 0 Å². The van der Waals surface area contributed by atoms with E-state index in [1.807, 2.05) is 11.8 Å². The first kappa shape index (κ1) is 22.6. The number of benzene rings is 2. The number of hydrogen-bond donors (Lipinski definition) is 1. The van der Waals surface area contributed by atoms with Gasteiger partial charge in [0.25, 0.3) is 0 Å². The predicted octanol–water partition coefficient (Wildman–Crippen LogP) is 4.40. The van der Waals surface area contributed by atoms with E-state index in [2.05, 4.69) is 70.9 Å². The zero-order valence-electron chi connectivity index (χ0n) is 19.9. The first-order chi connectivity index (χ1) is 16.7. The molecule has 0 bridgehead atoms. The molecule has 176 valence electrons. The number of nitrogens with zero attached hydrogens (tertiary/aromatic N) is 2. The maximum absolute atomic E-state index is 12.5. The molecule has 2 amide bonds. The molecule has 34 heavy (non-hydrogen) atoms. The molecule has 1 aliphatic carbocycles. The zero-order chi connectivity index (χ0) is 23.5. The van der Waals surface area contributed by atoms with Crippen LogP contribution in [-0.2, 0) is 9.59 Å². The number of nitrogens with one attached hydrogen (secondary N) is 1. The summed E-state index contributed by atoms with van der Waals surface area (Å²) in [6, 6.07) is 17.3. The zero-order valence-corrected chi connectivity index (χ0v) is 19.9. The Bertz CT molecular complexity index is 1070. The summed E-state index contributed by atoms with van der Waals surface area (Å²) in [5.74, 6) is 0.102. The van der Waals surface area contributed by atoms with Gasteiger partial charge >= 0.3 is 0 Å². The van der Waals surface area contributed by atoms with Gasteiger partial charge in [0, 0.05) is 32.1 Å². The summed E-state index contributed by atoms with van der Waals surface area (Å²) >= 11 is 0. The van der Waals surface area contributed by atoms with E-state index in [9.17, 15) is 9.59 Å². The summed E-state index contributed by atoms with van der Waals surface area (Å²) in [6.45, 7) is 5.04. The van der Waals surface area contributed by atoms with Gasteiger partial charge in [-0.25, -0.2) is 0 Å². The molecule has 2 fully saturated rings. The Morgan fingerprint density at radius 3 is 2.18 bits per heavy atom. The fourth-order valence-corrected chi connectivity index (χ4v) is 5.79. The van der Waals surface area contributed by atoms with Gasteiger partial charge in [0.1, 0.15) is 0 Å². The van der Waals surface area contributed by atoms with E-state index in [4.69, 9.17) is 0 Å². The van der Waals surface area contributed by atoms with Gasteiger partial charge in [-0.15, -0.1) is 0 Å². The average Bonchev–Trinajstić information content (AvgIpc) is 3.05. The van der Waals surface area contributed by atoms with Crippen LogP contribution < -0.4 is 5.32 Å². The molecule has 0 radical (unpaired) electrons. The number of likely N-dealkylation sites (tertiary alicyclic amines) is 2. The lowest BCUT2D eigenvalue weighted by Crippen LogP contribution is -2.55. The molecule has 5 rings (SSSR count). The van der Waals surface area contributed by atoms with Gasteiger partial charge in [-0.1, -0.05) is 66.3 Å². The quantitative estimate of drug-likeness (QED) is 0.594. The van der Waals surface area contributed by atoms with Crippen LogP contribution in [0, 0.1) is 5.92 Å². The van der Waals surface area contributed by atoms with Crippen LogP contribution in [0.4, 0.5) is 0 Å². The van der Waals surface area contributed by atoms with Crippen molar-refractivity contribution in [3.8, 4) is 0 Å². The number of carbonyl (C=O) groups is 2. The highest BCUT2D eigenvalue weighted by Crippen LogP contribution is 2.39. The normalized spacial score (nSPS) is 22.6. The summed E-state index contributed by atoms with van der Waals surface area (Å²) < 4.78 is 0. The van der Waals surface area contributed by atoms with Crippen LogP contribution in [0.25, 0.3) is 17.7 Å². The topological polar surface area (TPSA) is 52.7 Å². The molecule has 0 spiro atoms. The van der Waals surface area contributed by atoms with Crippen molar-refractivity contribution in [3.05, 3.63) is 76.4 Å². The van der Waals surface area contributed by atoms with Gasteiger partial charge in [0.2, 0.25) is 12.3 Å². The second kappa shape index (κ2) is 9.98. The number of amides is 2. The second-order valence-corrected chi connectivity index (χ2v) is 9.46. The molecule has 5 nitrogen and oxygen atoms in total. The molecule has 0 saturated carbocycles. The number of piperidine rings is 2. The van der Waals surface area contributed by atoms with Crippen LogP contribution in [-0.4, -0.2) is 54.5 Å². The van der Waals surface area contributed by atoms with E-state index in [1.54, 1.807) is 0 Å². The molecule has 2 atom stereocenters. The lowest BCUT2D eigenvalue weighted by Gasteiger charge is -2.45. The monoisotopic (exact) mass is 455 g/mol. The third-order valence-electron chi connectivity index (χ3n) is 7.55. The first-order valence-corrected chi connectivity index (χ1v) is 12.5. The van der Waals surface area contributed by atoms with Crippen molar-refractivity contribution >= 4 is 30.0 Å². The summed E-state index contributed by atoms with van der Waals surface area (Å²) in [5, 5.41) is 2.97. The Hall–Kier alpha value is -3.18. The minimum atomic E-state index is -0.0208. The van der Waals surface area contributed by atoms with Crippen molar-refractivity contribution < 1.29 is 9.59 Å². The van der Waals surface area contributed by atoms with Gasteiger partial charge in [-0.05, 0) is 60.4 Å². The van der Waals surface area contributed by atoms with Crippen LogP contribution in [0.15, 0.2) is 54.1 Å². The number of carbonyl (C=O) groups excluding carboxylic acids is 2. The predicted molar refractivity (Wildman–Crippen MR) is 137 cm³/mol. The minimum absolute atomic E-state index is 0.000721. The summed E-state index contributed by atoms with van der Waals surface area (Å²) in [5.41, 5.74) is 7.97. The van der Waals surface area contributed by atoms with Gasteiger partial charge in [-0.2, -0.15) is 0 Å². The highest BCUT2D eigenvalue weighted by molar-refractivity contribution is 5.94. The lowest BCUT2D eigenvalue weighted by molar-refractivity contribution is -0.135. The van der Waals surface area contributed by atoms with E-state index in [1.165, 1.54) is 33.4 Å². The van der Waals surface area contributed by atoms with Crippen molar-refractivity contribution in [3.63, 3.8) is 0 Å². The van der Waals surface area contributed by atoms with Gasteiger partial charge in [0.15, 0.2) is 0 Å². The molecule has 2 aliphatic heterocycles. The van der Waals surface area contributed by atoms with Crippen LogP contribution >= 0.6 is 0 Å². The van der Waals surface area contributed by atoms with Crippen LogP contribution in [0.2, 0.25) is 0 Å². The molecule has 0 aromatic heterocycles. The Balaban J connectivity index is 1.41. The third kappa shape index (κ3) is 4.32. The molecule has 1 N–H and O–H groups in total. The number of hydrogen-bond acceptors (Lipinski definition) is 3. The lowest BCUT2D eigenvalue weighted by atomic mass is 9.85. The number of rotatable bonds is 4. The molecule has 2 unspecified atom stereocenters. The first-order valence-electron chi connectivity index (χ1n) is 12.5. The van der Waals surface area contributed by atoms with E-state index < -0.39 is 0 Å². The highest BCUT2D eigenvalue weighted by Gasteiger charge is 2.36. The number of fused-ring (bicyclic) bond motifs is 2. The summed E-state index contributed by atoms with van der Waals surface area (Å²) in [4.78, 5) is 28.6. The Morgan fingerprint density at radius 2 is 1.59 bits per heavy atom. The van der Waals surface area contributed by atoms with E-state index in [0.717, 1.165) is 38.8 Å². The van der Waals surface area contributed by atoms with E-state index in [0.29, 0.717) is 19.5 Å². The minimum Gasteiger partial charge on any atom is -0.356 e. The van der Waals surface area contributed by atoms with Gasteiger partial charge < -0.3 is 10.2 Å². The van der Waals surface area contributed by atoms with Crippen molar-refractivity contribution in [2.75, 3.05) is 26.2 Å². The molecular weight excluding hydrogens is 422 g/mol. The average molecular weight is 456 g/mol. The molecule has 2 aromatic carbocycles. The SMILES string of the molecule is CCNC(=O)C1CCN(C=O)C(N2CCC(=C3c4ccccc4C=Cc4ccccc43)CC2)C1. The molecule has 5 heteroatoms. The third-order valence-corrected chi connectivity index (χ3v) is 7.55. The van der Waals surface area contributed by atoms with Crippen molar-refractivity contribution in [2.24, 2.45) is 5.92 Å². The highest BCUT2D eigenvalue weighted by atomic mass is 16.2. The van der Waals surface area contributed by atoms with Gasteiger partial charge in [0.05, 0.1) is 6.17 Å². The fourth-order valence-electron chi connectivity index (χ4n) is 5.79. The summed E-state index contributed by atoms with van der Waals surface area (Å²) in [6.07, 6.45) is 8.80. The van der Waals surface area contributed by atoms with Crippen LogP contribution in [0.1, 0.15) is 54.9 Å². The molecule has 2 saturated heterocycles. The maximum Gasteiger partial charge on any atom is 0.223 e. The second-order valence-electron chi connectivity index (χ2n) is 9.46. The van der Waals surface area contributed by atoms with Crippen LogP contribution in [0.3, 0.4) is 0 Å². The Labute approximate surface area is 202 Å².